The Kier molecular flexibility index (Phi) is 5.70. The van der Waals surface area contributed by atoms with Crippen LogP contribution in [0.2, 0.25) is 0 Å². The van der Waals surface area contributed by atoms with Crippen molar-refractivity contribution in [2.45, 2.75) is 32.2 Å². The van der Waals surface area contributed by atoms with Crippen molar-refractivity contribution in [2.24, 2.45) is 4.99 Å². The second-order valence-electron chi connectivity index (χ2n) is 7.83. The van der Waals surface area contributed by atoms with Crippen LogP contribution in [0.3, 0.4) is 0 Å². The minimum atomic E-state index is 0.226. The maximum atomic E-state index is 6.14. The quantitative estimate of drug-likeness (QED) is 0.504. The van der Waals surface area contributed by atoms with Gasteiger partial charge in [-0.1, -0.05) is 30.3 Å². The zero-order valence-corrected chi connectivity index (χ0v) is 18.1. The number of rotatable bonds is 5. The number of guanidine groups is 1. The number of aromatic nitrogens is 2. The molecule has 0 saturated carbocycles. The monoisotopic (exact) mass is 424 g/mol. The first-order chi connectivity index (χ1) is 14.8. The largest absolute Gasteiger partial charge is 0.373 e. The molecule has 2 aliphatic rings. The highest BCUT2D eigenvalue weighted by atomic mass is 32.1. The number of aliphatic imine (C=N–C) groups is 1. The molecule has 2 atom stereocenters. The Hall–Kier alpha value is -2.42. The van der Waals surface area contributed by atoms with E-state index in [1.165, 1.54) is 5.56 Å². The molecule has 1 N–H and O–H groups in total. The first kappa shape index (κ1) is 19.5. The predicted molar refractivity (Wildman–Crippen MR) is 120 cm³/mol. The summed E-state index contributed by atoms with van der Waals surface area (Å²) in [5.74, 6) is 0.950. The molecule has 8 heteroatoms. The highest BCUT2D eigenvalue weighted by Crippen LogP contribution is 2.25. The lowest BCUT2D eigenvalue weighted by Crippen LogP contribution is -2.50. The molecule has 7 nitrogen and oxygen atoms in total. The highest BCUT2D eigenvalue weighted by Gasteiger charge is 2.41. The van der Waals surface area contributed by atoms with E-state index in [1.807, 2.05) is 11.6 Å². The van der Waals surface area contributed by atoms with Gasteiger partial charge in [0.25, 0.3) is 0 Å². The predicted octanol–water partition coefficient (Wildman–Crippen LogP) is 2.45. The van der Waals surface area contributed by atoms with Crippen LogP contribution in [-0.4, -0.2) is 70.1 Å². The third kappa shape index (κ3) is 4.08. The molecule has 2 unspecified atom stereocenters. The highest BCUT2D eigenvalue weighted by molar-refractivity contribution is 7.15. The SMILES string of the molecule is CCNC(=NCc1cn2ccsc2n1)N1CC2OCCN(Cc3ccccc3)C2C1. The van der Waals surface area contributed by atoms with E-state index in [2.05, 4.69) is 68.0 Å². The van der Waals surface area contributed by atoms with Crippen molar-refractivity contribution in [3.05, 3.63) is 59.4 Å². The van der Waals surface area contributed by atoms with Crippen LogP contribution in [0.5, 0.6) is 0 Å². The lowest BCUT2D eigenvalue weighted by atomic mass is 10.1. The van der Waals surface area contributed by atoms with Crippen molar-refractivity contribution in [1.29, 1.82) is 0 Å². The molecule has 2 saturated heterocycles. The summed E-state index contributed by atoms with van der Waals surface area (Å²) in [4.78, 5) is 15.5. The number of nitrogens with one attached hydrogen (secondary N) is 1. The van der Waals surface area contributed by atoms with Crippen molar-refractivity contribution in [1.82, 2.24) is 24.5 Å². The van der Waals surface area contributed by atoms with Crippen LogP contribution in [0.4, 0.5) is 0 Å². The zero-order chi connectivity index (χ0) is 20.3. The Morgan fingerprint density at radius 3 is 3.03 bits per heavy atom. The van der Waals surface area contributed by atoms with Crippen LogP contribution in [0.25, 0.3) is 4.96 Å². The minimum Gasteiger partial charge on any atom is -0.373 e. The summed E-state index contributed by atoms with van der Waals surface area (Å²) in [6, 6.07) is 11.1. The molecular formula is C22H28N6OS. The van der Waals surface area contributed by atoms with Gasteiger partial charge in [-0.2, -0.15) is 0 Å². The van der Waals surface area contributed by atoms with Gasteiger partial charge in [0.15, 0.2) is 10.9 Å². The lowest BCUT2D eigenvalue weighted by molar-refractivity contribution is -0.0502. The summed E-state index contributed by atoms with van der Waals surface area (Å²) in [6.07, 6.45) is 4.33. The number of ether oxygens (including phenoxy) is 1. The topological polar surface area (TPSA) is 57.4 Å². The van der Waals surface area contributed by atoms with Gasteiger partial charge in [-0.05, 0) is 12.5 Å². The van der Waals surface area contributed by atoms with Gasteiger partial charge in [-0.15, -0.1) is 11.3 Å². The van der Waals surface area contributed by atoms with Crippen LogP contribution in [0.15, 0.2) is 53.1 Å². The molecular weight excluding hydrogens is 396 g/mol. The maximum Gasteiger partial charge on any atom is 0.194 e. The summed E-state index contributed by atoms with van der Waals surface area (Å²) < 4.78 is 8.20. The first-order valence-electron chi connectivity index (χ1n) is 10.6. The molecule has 0 aliphatic carbocycles. The van der Waals surface area contributed by atoms with Gasteiger partial charge in [0.2, 0.25) is 0 Å². The second-order valence-corrected chi connectivity index (χ2v) is 8.71. The van der Waals surface area contributed by atoms with E-state index >= 15 is 0 Å². The number of nitrogens with zero attached hydrogens (tertiary/aromatic N) is 5. The van der Waals surface area contributed by atoms with Gasteiger partial charge in [-0.25, -0.2) is 9.98 Å². The molecule has 4 heterocycles. The summed E-state index contributed by atoms with van der Waals surface area (Å²) in [5.41, 5.74) is 2.35. The Morgan fingerprint density at radius 2 is 2.20 bits per heavy atom. The number of benzene rings is 1. The lowest BCUT2D eigenvalue weighted by Gasteiger charge is -2.36. The standard InChI is InChI=1S/C22H28N6OS/c1-2-23-21(24-12-18-14-27-9-11-30-22(27)25-18)28-15-19-20(16-28)29-10-8-26(19)13-17-6-4-3-5-7-17/h3-7,9,11,14,19-20H,2,8,10,12-13,15-16H2,1H3,(H,23,24). The van der Waals surface area contributed by atoms with Gasteiger partial charge < -0.3 is 15.0 Å². The smallest absolute Gasteiger partial charge is 0.194 e. The van der Waals surface area contributed by atoms with E-state index in [0.29, 0.717) is 12.6 Å². The van der Waals surface area contributed by atoms with E-state index in [9.17, 15) is 0 Å². The van der Waals surface area contributed by atoms with Gasteiger partial charge >= 0.3 is 0 Å². The van der Waals surface area contributed by atoms with Crippen LogP contribution in [0.1, 0.15) is 18.2 Å². The van der Waals surface area contributed by atoms with Crippen LogP contribution >= 0.6 is 11.3 Å². The Labute approximate surface area is 181 Å². The minimum absolute atomic E-state index is 0.226. The summed E-state index contributed by atoms with van der Waals surface area (Å²) in [7, 11) is 0. The van der Waals surface area contributed by atoms with Crippen LogP contribution in [-0.2, 0) is 17.8 Å². The van der Waals surface area contributed by atoms with Crippen molar-refractivity contribution < 1.29 is 4.74 Å². The maximum absolute atomic E-state index is 6.14. The van der Waals surface area contributed by atoms with Crippen molar-refractivity contribution in [3.8, 4) is 0 Å². The Bertz CT molecular complexity index is 971. The molecule has 0 amide bonds. The van der Waals surface area contributed by atoms with E-state index in [4.69, 9.17) is 9.73 Å². The van der Waals surface area contributed by atoms with E-state index in [1.54, 1.807) is 11.3 Å². The molecule has 158 valence electrons. The van der Waals surface area contributed by atoms with Crippen LogP contribution < -0.4 is 5.32 Å². The molecule has 2 aliphatic heterocycles. The summed E-state index contributed by atoms with van der Waals surface area (Å²) in [6.45, 7) is 8.09. The number of fused-ring (bicyclic) bond motifs is 2. The van der Waals surface area contributed by atoms with Gasteiger partial charge in [-0.3, -0.25) is 9.30 Å². The molecule has 0 bridgehead atoms. The molecule has 2 aromatic heterocycles. The number of hydrogen-bond acceptors (Lipinski definition) is 5. The van der Waals surface area contributed by atoms with Crippen LogP contribution in [0, 0.1) is 0 Å². The van der Waals surface area contributed by atoms with E-state index in [0.717, 1.165) is 55.9 Å². The fraction of sp³-hybridized carbons (Fsp3) is 0.455. The third-order valence-electron chi connectivity index (χ3n) is 5.81. The number of thiazole rings is 1. The molecule has 30 heavy (non-hydrogen) atoms. The molecule has 5 rings (SSSR count). The number of hydrogen-bond donors (Lipinski definition) is 1. The van der Waals surface area contributed by atoms with E-state index in [-0.39, 0.29) is 6.10 Å². The number of morpholine rings is 1. The third-order valence-corrected chi connectivity index (χ3v) is 6.58. The van der Waals surface area contributed by atoms with Gasteiger partial charge in [0.05, 0.1) is 31.0 Å². The fourth-order valence-electron chi connectivity index (χ4n) is 4.38. The number of likely N-dealkylation sites (tertiary alicyclic amines) is 1. The van der Waals surface area contributed by atoms with Gasteiger partial charge in [0.1, 0.15) is 0 Å². The average Bonchev–Trinajstić information content (AvgIpc) is 3.47. The van der Waals surface area contributed by atoms with Crippen molar-refractivity contribution in [2.75, 3.05) is 32.8 Å². The summed E-state index contributed by atoms with van der Waals surface area (Å²) >= 11 is 1.65. The zero-order valence-electron chi connectivity index (χ0n) is 17.3. The number of imidazole rings is 1. The fourth-order valence-corrected chi connectivity index (χ4v) is 5.10. The molecule has 0 radical (unpaired) electrons. The molecule has 3 aromatic rings. The average molecular weight is 425 g/mol. The molecule has 1 aromatic carbocycles. The molecule has 2 fully saturated rings. The van der Waals surface area contributed by atoms with Crippen molar-refractivity contribution in [3.63, 3.8) is 0 Å². The van der Waals surface area contributed by atoms with Gasteiger partial charge in [0, 0.05) is 50.5 Å². The Morgan fingerprint density at radius 1 is 1.30 bits per heavy atom. The van der Waals surface area contributed by atoms with E-state index < -0.39 is 0 Å². The summed E-state index contributed by atoms with van der Waals surface area (Å²) in [5, 5.41) is 5.51. The molecule has 0 spiro atoms. The second kappa shape index (κ2) is 8.75. The van der Waals surface area contributed by atoms with Crippen molar-refractivity contribution >= 4 is 22.3 Å². The Balaban J connectivity index is 1.29. The normalized spacial score (nSPS) is 22.6. The first-order valence-corrected chi connectivity index (χ1v) is 11.5.